The zero-order chi connectivity index (χ0) is 23.1. The van der Waals surface area contributed by atoms with Gasteiger partial charge in [0, 0.05) is 43.7 Å². The normalized spacial score (nSPS) is 14.1. The quantitative estimate of drug-likeness (QED) is 0.323. The van der Waals surface area contributed by atoms with Crippen molar-refractivity contribution >= 4 is 43.5 Å². The molecule has 34 heavy (non-hydrogen) atoms. The Morgan fingerprint density at radius 1 is 0.794 bits per heavy atom. The summed E-state index contributed by atoms with van der Waals surface area (Å²) in [4.78, 5) is 15.4. The number of anilines is 2. The molecule has 5 aromatic rings. The average molecular weight is 467 g/mol. The first-order chi connectivity index (χ1) is 16.7. The van der Waals surface area contributed by atoms with Crippen molar-refractivity contribution in [3.05, 3.63) is 60.7 Å². The molecule has 6 nitrogen and oxygen atoms in total. The summed E-state index contributed by atoms with van der Waals surface area (Å²) >= 11 is 1.66. The average Bonchev–Trinajstić information content (AvgIpc) is 3.28. The Balaban J connectivity index is 1.72. The third-order valence-corrected chi connectivity index (χ3v) is 7.44. The minimum Gasteiger partial charge on any atom is -0.355 e. The summed E-state index contributed by atoms with van der Waals surface area (Å²) in [5, 5.41) is 10.5. The largest absolute Gasteiger partial charge is 0.355 e. The van der Waals surface area contributed by atoms with Crippen LogP contribution < -0.4 is 9.80 Å². The van der Waals surface area contributed by atoms with Crippen LogP contribution in [0.3, 0.4) is 0 Å². The Morgan fingerprint density at radius 2 is 1.47 bits per heavy atom. The van der Waals surface area contributed by atoms with Gasteiger partial charge in [0.1, 0.15) is 10.5 Å². The van der Waals surface area contributed by atoms with Crippen LogP contribution >= 0.6 is 11.3 Å². The van der Waals surface area contributed by atoms with Crippen LogP contribution in [0.4, 0.5) is 11.8 Å². The topological polar surface area (TPSA) is 58.0 Å². The highest BCUT2D eigenvalue weighted by Crippen LogP contribution is 2.45. The predicted octanol–water partition coefficient (Wildman–Crippen LogP) is 6.02. The lowest BCUT2D eigenvalue weighted by molar-refractivity contribution is 0.575. The number of aromatic nitrogens is 4. The summed E-state index contributed by atoms with van der Waals surface area (Å²) in [6, 6.07) is 20.8. The molecule has 0 unspecified atom stereocenters. The monoisotopic (exact) mass is 466 g/mol. The van der Waals surface area contributed by atoms with Gasteiger partial charge in [-0.05, 0) is 24.8 Å². The van der Waals surface area contributed by atoms with Gasteiger partial charge in [-0.1, -0.05) is 60.7 Å². The number of benzene rings is 2. The number of rotatable bonds is 4. The molecule has 6 rings (SSSR count). The minimum absolute atomic E-state index is 0.727. The zero-order valence-corrected chi connectivity index (χ0v) is 20.2. The molecule has 0 saturated carbocycles. The number of hydrogen-bond acceptors (Lipinski definition) is 7. The minimum atomic E-state index is 0.727. The van der Waals surface area contributed by atoms with E-state index in [1.807, 2.05) is 43.3 Å². The number of hydrogen-bond donors (Lipinski definition) is 0. The van der Waals surface area contributed by atoms with Crippen molar-refractivity contribution < 1.29 is 0 Å². The molecule has 4 heterocycles. The molecule has 0 bridgehead atoms. The van der Waals surface area contributed by atoms with E-state index in [-0.39, 0.29) is 0 Å². The molecule has 1 fully saturated rings. The first-order valence-corrected chi connectivity index (χ1v) is 12.6. The molecule has 0 atom stereocenters. The lowest BCUT2D eigenvalue weighted by Gasteiger charge is -2.28. The molecule has 170 valence electrons. The van der Waals surface area contributed by atoms with Gasteiger partial charge in [-0.2, -0.15) is 4.98 Å². The van der Waals surface area contributed by atoms with Gasteiger partial charge < -0.3 is 9.80 Å². The Labute approximate surface area is 202 Å². The van der Waals surface area contributed by atoms with Crippen molar-refractivity contribution in [3.8, 4) is 22.4 Å². The second-order valence-electron chi connectivity index (χ2n) is 8.90. The van der Waals surface area contributed by atoms with E-state index in [0.717, 1.165) is 67.7 Å². The Kier molecular flexibility index (Phi) is 5.34. The first kappa shape index (κ1) is 21.0. The van der Waals surface area contributed by atoms with E-state index in [1.54, 1.807) is 11.3 Å². The molecule has 0 N–H and O–H groups in total. The van der Waals surface area contributed by atoms with E-state index in [9.17, 15) is 0 Å². The zero-order valence-electron chi connectivity index (χ0n) is 19.4. The van der Waals surface area contributed by atoms with Crippen molar-refractivity contribution in [1.82, 2.24) is 20.2 Å². The summed E-state index contributed by atoms with van der Waals surface area (Å²) in [6.45, 7) is 2.05. The maximum Gasteiger partial charge on any atom is 0.227 e. The summed E-state index contributed by atoms with van der Waals surface area (Å²) in [5.41, 5.74) is 5.09. The predicted molar refractivity (Wildman–Crippen MR) is 142 cm³/mol. The van der Waals surface area contributed by atoms with Gasteiger partial charge in [-0.15, -0.1) is 21.5 Å². The molecule has 1 saturated heterocycles. The Morgan fingerprint density at radius 3 is 2.15 bits per heavy atom. The van der Waals surface area contributed by atoms with E-state index in [1.165, 1.54) is 19.3 Å². The standard InChI is InChI=1S/C27H26N6S/c1-32(2)27-28-23-21-20(18-12-6-3-7-13-18)22(19-14-8-4-9-15-19)30-31-26(21)34-24(23)25(29-27)33-16-10-5-11-17-33/h3-4,6-9,12-15H,5,10-11,16-17H2,1-2H3. The fourth-order valence-corrected chi connectivity index (χ4v) is 5.79. The molecule has 7 heteroatoms. The van der Waals surface area contributed by atoms with Crippen LogP contribution in [0.1, 0.15) is 19.3 Å². The molecule has 0 aliphatic carbocycles. The fourth-order valence-electron chi connectivity index (χ4n) is 4.70. The van der Waals surface area contributed by atoms with Gasteiger partial charge in [-0.25, -0.2) is 4.98 Å². The van der Waals surface area contributed by atoms with Crippen LogP contribution in [0.2, 0.25) is 0 Å². The maximum atomic E-state index is 5.07. The van der Waals surface area contributed by atoms with E-state index < -0.39 is 0 Å². The van der Waals surface area contributed by atoms with Gasteiger partial charge in [0.2, 0.25) is 5.95 Å². The molecule has 1 aliphatic rings. The third-order valence-electron chi connectivity index (χ3n) is 6.38. The highest BCUT2D eigenvalue weighted by Gasteiger charge is 2.25. The van der Waals surface area contributed by atoms with Crippen molar-refractivity contribution in [3.63, 3.8) is 0 Å². The summed E-state index contributed by atoms with van der Waals surface area (Å²) in [6.07, 6.45) is 3.67. The Hall–Kier alpha value is -3.58. The third kappa shape index (κ3) is 3.56. The lowest BCUT2D eigenvalue weighted by atomic mass is 9.97. The molecule has 0 radical (unpaired) electrons. The molecule has 0 amide bonds. The number of piperidine rings is 1. The molecule has 1 aliphatic heterocycles. The lowest BCUT2D eigenvalue weighted by Crippen LogP contribution is -2.30. The number of fused-ring (bicyclic) bond motifs is 3. The van der Waals surface area contributed by atoms with Crippen LogP contribution in [-0.4, -0.2) is 47.4 Å². The van der Waals surface area contributed by atoms with Gasteiger partial charge in [0.05, 0.1) is 10.2 Å². The van der Waals surface area contributed by atoms with E-state index in [4.69, 9.17) is 20.2 Å². The maximum absolute atomic E-state index is 5.07. The van der Waals surface area contributed by atoms with E-state index >= 15 is 0 Å². The molecular formula is C27H26N6S. The van der Waals surface area contributed by atoms with E-state index in [2.05, 4.69) is 41.3 Å². The second-order valence-corrected chi connectivity index (χ2v) is 9.90. The smallest absolute Gasteiger partial charge is 0.227 e. The van der Waals surface area contributed by atoms with Crippen LogP contribution in [0.5, 0.6) is 0 Å². The highest BCUT2D eigenvalue weighted by atomic mass is 32.1. The second kappa shape index (κ2) is 8.65. The summed E-state index contributed by atoms with van der Waals surface area (Å²) < 4.78 is 1.10. The van der Waals surface area contributed by atoms with Crippen LogP contribution in [0.25, 0.3) is 42.8 Å². The van der Waals surface area contributed by atoms with Gasteiger partial charge in [0.15, 0.2) is 5.82 Å². The van der Waals surface area contributed by atoms with Crippen molar-refractivity contribution in [2.24, 2.45) is 0 Å². The molecule has 2 aromatic carbocycles. The van der Waals surface area contributed by atoms with Gasteiger partial charge >= 0.3 is 0 Å². The summed E-state index contributed by atoms with van der Waals surface area (Å²) in [7, 11) is 4.01. The SMILES string of the molecule is CN(C)c1nc(N2CCCCC2)c2sc3nnc(-c4ccccc4)c(-c4ccccc4)c3c2n1. The van der Waals surface area contributed by atoms with E-state index in [0.29, 0.717) is 0 Å². The molecule has 3 aromatic heterocycles. The highest BCUT2D eigenvalue weighted by molar-refractivity contribution is 7.26. The van der Waals surface area contributed by atoms with Crippen molar-refractivity contribution in [1.29, 1.82) is 0 Å². The van der Waals surface area contributed by atoms with Crippen LogP contribution in [0.15, 0.2) is 60.7 Å². The summed E-state index contributed by atoms with van der Waals surface area (Å²) in [5.74, 6) is 1.75. The van der Waals surface area contributed by atoms with Gasteiger partial charge in [0.25, 0.3) is 0 Å². The van der Waals surface area contributed by atoms with Crippen LogP contribution in [0, 0.1) is 0 Å². The number of nitrogens with zero attached hydrogens (tertiary/aromatic N) is 6. The Bertz CT molecular complexity index is 1460. The van der Waals surface area contributed by atoms with Crippen LogP contribution in [-0.2, 0) is 0 Å². The van der Waals surface area contributed by atoms with Gasteiger partial charge in [-0.3, -0.25) is 0 Å². The number of thiophene rings is 1. The van der Waals surface area contributed by atoms with Crippen molar-refractivity contribution in [2.75, 3.05) is 37.0 Å². The molecular weight excluding hydrogens is 440 g/mol. The van der Waals surface area contributed by atoms with Crippen molar-refractivity contribution in [2.45, 2.75) is 19.3 Å². The first-order valence-electron chi connectivity index (χ1n) is 11.7. The fraction of sp³-hybridized carbons (Fsp3) is 0.259. The molecule has 0 spiro atoms.